The standard InChI is InChI=1S/C13H23NO5S/c1-10(8-13(16)17)20(18,19)9-12(15)14-11-6-4-2-3-5-7-11/h10-11H,2-9H2,1H3,(H,14,15)(H,16,17). The van der Waals surface area contributed by atoms with Crippen LogP contribution < -0.4 is 5.32 Å². The highest BCUT2D eigenvalue weighted by Crippen LogP contribution is 2.17. The molecule has 1 atom stereocenters. The lowest BCUT2D eigenvalue weighted by Crippen LogP contribution is -2.40. The van der Waals surface area contributed by atoms with E-state index in [1.165, 1.54) is 6.92 Å². The molecule has 0 aliphatic heterocycles. The molecule has 0 spiro atoms. The van der Waals surface area contributed by atoms with E-state index in [2.05, 4.69) is 5.32 Å². The van der Waals surface area contributed by atoms with Gasteiger partial charge in [-0.3, -0.25) is 9.59 Å². The van der Waals surface area contributed by atoms with Gasteiger partial charge in [0, 0.05) is 6.04 Å². The van der Waals surface area contributed by atoms with E-state index in [1.54, 1.807) is 0 Å². The summed E-state index contributed by atoms with van der Waals surface area (Å²) in [6, 6.07) is 0.0509. The summed E-state index contributed by atoms with van der Waals surface area (Å²) in [5, 5.41) is 10.3. The summed E-state index contributed by atoms with van der Waals surface area (Å²) in [6.45, 7) is 1.32. The number of amides is 1. The first-order chi connectivity index (χ1) is 9.31. The average molecular weight is 305 g/mol. The molecule has 1 saturated carbocycles. The zero-order chi connectivity index (χ0) is 15.2. The number of sulfone groups is 1. The number of nitrogens with one attached hydrogen (secondary N) is 1. The third-order valence-electron chi connectivity index (χ3n) is 3.63. The van der Waals surface area contributed by atoms with E-state index in [4.69, 9.17) is 5.11 Å². The molecule has 0 radical (unpaired) electrons. The number of carbonyl (C=O) groups is 2. The summed E-state index contributed by atoms with van der Waals surface area (Å²) in [7, 11) is -3.71. The Bertz CT molecular complexity index is 438. The highest BCUT2D eigenvalue weighted by atomic mass is 32.2. The van der Waals surface area contributed by atoms with Crippen LogP contribution in [0.15, 0.2) is 0 Å². The van der Waals surface area contributed by atoms with Gasteiger partial charge in [-0.2, -0.15) is 0 Å². The molecule has 1 rings (SSSR count). The summed E-state index contributed by atoms with van der Waals surface area (Å²) in [6.07, 6.45) is 5.70. The monoisotopic (exact) mass is 305 g/mol. The Morgan fingerprint density at radius 3 is 2.25 bits per heavy atom. The zero-order valence-corrected chi connectivity index (χ0v) is 12.6. The summed E-state index contributed by atoms with van der Waals surface area (Å²) in [5.74, 6) is -2.32. The van der Waals surface area contributed by atoms with Crippen LogP contribution in [0.5, 0.6) is 0 Å². The van der Waals surface area contributed by atoms with Crippen molar-refractivity contribution < 1.29 is 23.1 Å². The Kier molecular flexibility index (Phi) is 6.45. The summed E-state index contributed by atoms with van der Waals surface area (Å²) >= 11 is 0. The zero-order valence-electron chi connectivity index (χ0n) is 11.8. The van der Waals surface area contributed by atoms with Gasteiger partial charge in [-0.25, -0.2) is 8.42 Å². The molecule has 1 unspecified atom stereocenters. The molecule has 116 valence electrons. The van der Waals surface area contributed by atoms with E-state index in [0.29, 0.717) is 0 Å². The molecule has 20 heavy (non-hydrogen) atoms. The van der Waals surface area contributed by atoms with Gasteiger partial charge in [-0.15, -0.1) is 0 Å². The largest absolute Gasteiger partial charge is 0.481 e. The lowest BCUT2D eigenvalue weighted by molar-refractivity contribution is -0.137. The number of rotatable bonds is 6. The number of carboxylic acid groups (broad SMARTS) is 1. The van der Waals surface area contributed by atoms with Crippen molar-refractivity contribution in [2.75, 3.05) is 5.75 Å². The van der Waals surface area contributed by atoms with Crippen molar-refractivity contribution >= 4 is 21.7 Å². The number of aliphatic carboxylic acids is 1. The van der Waals surface area contributed by atoms with Crippen molar-refractivity contribution in [2.45, 2.75) is 63.2 Å². The van der Waals surface area contributed by atoms with Crippen LogP contribution in [0.2, 0.25) is 0 Å². The van der Waals surface area contributed by atoms with Crippen molar-refractivity contribution in [1.29, 1.82) is 0 Å². The topological polar surface area (TPSA) is 101 Å². The Morgan fingerprint density at radius 1 is 1.20 bits per heavy atom. The third kappa shape index (κ3) is 5.90. The van der Waals surface area contributed by atoms with Crippen LogP contribution >= 0.6 is 0 Å². The molecule has 1 aliphatic carbocycles. The van der Waals surface area contributed by atoms with Gasteiger partial charge in [-0.1, -0.05) is 25.7 Å². The van der Waals surface area contributed by atoms with Gasteiger partial charge in [0.05, 0.1) is 11.7 Å². The smallest absolute Gasteiger partial charge is 0.304 e. The Labute approximate surface area is 119 Å². The van der Waals surface area contributed by atoms with E-state index in [-0.39, 0.29) is 6.04 Å². The molecule has 0 aromatic carbocycles. The lowest BCUT2D eigenvalue weighted by atomic mass is 10.1. The predicted octanol–water partition coefficient (Wildman–Crippen LogP) is 1.10. The van der Waals surface area contributed by atoms with Crippen molar-refractivity contribution in [3.8, 4) is 0 Å². The molecule has 0 saturated heterocycles. The van der Waals surface area contributed by atoms with Crippen molar-refractivity contribution in [3.05, 3.63) is 0 Å². The fourth-order valence-electron chi connectivity index (χ4n) is 2.39. The highest BCUT2D eigenvalue weighted by Gasteiger charge is 2.27. The van der Waals surface area contributed by atoms with Gasteiger partial charge in [0.25, 0.3) is 0 Å². The summed E-state index contributed by atoms with van der Waals surface area (Å²) in [5.41, 5.74) is 0. The minimum atomic E-state index is -3.71. The molecule has 0 bridgehead atoms. The molecule has 1 fully saturated rings. The number of carbonyl (C=O) groups excluding carboxylic acids is 1. The molecular formula is C13H23NO5S. The second-order valence-corrected chi connectivity index (χ2v) is 7.89. The number of hydrogen-bond donors (Lipinski definition) is 2. The summed E-state index contributed by atoms with van der Waals surface area (Å²) in [4.78, 5) is 22.3. The van der Waals surface area contributed by atoms with Gasteiger partial charge in [0.1, 0.15) is 5.75 Å². The normalized spacial score (nSPS) is 19.1. The number of hydrogen-bond acceptors (Lipinski definition) is 4. The van der Waals surface area contributed by atoms with Crippen molar-refractivity contribution in [1.82, 2.24) is 5.32 Å². The molecule has 1 amide bonds. The fraction of sp³-hybridized carbons (Fsp3) is 0.846. The van der Waals surface area contributed by atoms with E-state index >= 15 is 0 Å². The van der Waals surface area contributed by atoms with Crippen molar-refractivity contribution in [3.63, 3.8) is 0 Å². The first-order valence-corrected chi connectivity index (χ1v) is 8.75. The van der Waals surface area contributed by atoms with Gasteiger partial charge in [0.2, 0.25) is 5.91 Å². The Morgan fingerprint density at radius 2 is 1.75 bits per heavy atom. The summed E-state index contributed by atoms with van der Waals surface area (Å²) < 4.78 is 23.7. The van der Waals surface area contributed by atoms with E-state index in [1.807, 2.05) is 0 Å². The average Bonchev–Trinajstić information content (AvgIpc) is 2.55. The third-order valence-corrected chi connectivity index (χ3v) is 5.69. The van der Waals surface area contributed by atoms with Crippen LogP contribution in [0.3, 0.4) is 0 Å². The minimum Gasteiger partial charge on any atom is -0.481 e. The van der Waals surface area contributed by atoms with Crippen LogP contribution in [0.4, 0.5) is 0 Å². The molecule has 0 aromatic rings. The van der Waals surface area contributed by atoms with Crippen LogP contribution in [0.25, 0.3) is 0 Å². The minimum absolute atomic E-state index is 0.0509. The first-order valence-electron chi connectivity index (χ1n) is 7.04. The molecule has 1 aliphatic rings. The molecule has 6 nitrogen and oxygen atoms in total. The molecule has 2 N–H and O–H groups in total. The second-order valence-electron chi connectivity index (χ2n) is 5.47. The highest BCUT2D eigenvalue weighted by molar-refractivity contribution is 7.92. The Balaban J connectivity index is 2.49. The van der Waals surface area contributed by atoms with Gasteiger partial charge < -0.3 is 10.4 Å². The van der Waals surface area contributed by atoms with Crippen molar-refractivity contribution in [2.24, 2.45) is 0 Å². The van der Waals surface area contributed by atoms with E-state index in [9.17, 15) is 18.0 Å². The molecular weight excluding hydrogens is 282 g/mol. The Hall–Kier alpha value is -1.11. The second kappa shape index (κ2) is 7.61. The van der Waals surface area contributed by atoms with E-state index < -0.39 is 39.1 Å². The number of carboxylic acids is 1. The quantitative estimate of drug-likeness (QED) is 0.716. The lowest BCUT2D eigenvalue weighted by Gasteiger charge is -2.17. The SMILES string of the molecule is CC(CC(=O)O)S(=O)(=O)CC(=O)NC1CCCCCC1. The van der Waals surface area contributed by atoms with Gasteiger partial charge in [0.15, 0.2) is 9.84 Å². The maximum atomic E-state index is 11.9. The molecule has 7 heteroatoms. The van der Waals surface area contributed by atoms with Crippen LogP contribution in [-0.4, -0.2) is 42.4 Å². The van der Waals surface area contributed by atoms with E-state index in [0.717, 1.165) is 38.5 Å². The predicted molar refractivity (Wildman–Crippen MR) is 75.1 cm³/mol. The maximum absolute atomic E-state index is 11.9. The van der Waals surface area contributed by atoms with Gasteiger partial charge in [-0.05, 0) is 19.8 Å². The maximum Gasteiger partial charge on any atom is 0.304 e. The van der Waals surface area contributed by atoms with Gasteiger partial charge >= 0.3 is 5.97 Å². The van der Waals surface area contributed by atoms with Crippen LogP contribution in [0, 0.1) is 0 Å². The van der Waals surface area contributed by atoms with Crippen LogP contribution in [0.1, 0.15) is 51.9 Å². The molecule has 0 aromatic heterocycles. The molecule has 0 heterocycles. The van der Waals surface area contributed by atoms with Crippen LogP contribution in [-0.2, 0) is 19.4 Å². The fourth-order valence-corrected chi connectivity index (χ4v) is 3.52. The first kappa shape index (κ1) is 16.9.